The van der Waals surface area contributed by atoms with Crippen LogP contribution in [0.1, 0.15) is 11.9 Å². The van der Waals surface area contributed by atoms with E-state index in [-0.39, 0.29) is 11.7 Å². The fraction of sp³-hybridized carbons (Fsp3) is 0.391. The predicted molar refractivity (Wildman–Crippen MR) is 136 cm³/mol. The van der Waals surface area contributed by atoms with Gasteiger partial charge in [0.15, 0.2) is 10.8 Å². The van der Waals surface area contributed by atoms with Gasteiger partial charge in [0, 0.05) is 73.7 Å². The molecule has 0 aliphatic carbocycles. The maximum atomic E-state index is 12.1. The molecule has 1 aromatic carbocycles. The zero-order valence-electron chi connectivity index (χ0n) is 19.4. The third-order valence-electron chi connectivity index (χ3n) is 4.48. The lowest BCUT2D eigenvalue weighted by atomic mass is 10.0. The number of halogens is 2. The quantitative estimate of drug-likeness (QED) is 0.527. The summed E-state index contributed by atoms with van der Waals surface area (Å²) in [5.41, 5.74) is 1.53. The van der Waals surface area contributed by atoms with Gasteiger partial charge in [0.25, 0.3) is 0 Å². The van der Waals surface area contributed by atoms with Gasteiger partial charge in [-0.3, -0.25) is 14.7 Å². The Morgan fingerprint density at radius 2 is 2.06 bits per heavy atom. The van der Waals surface area contributed by atoms with Crippen LogP contribution in [0.15, 0.2) is 56.6 Å². The standard InChI is InChI=1S/C13H14N4O2S.C6H4BrF.C3H8O.CH4O/c18-7-9-4-17(5-9)6-11-10(8-19)3-15-12(16-11)13-14-1-2-20-13;7-5-2-1-3-6(8)4-5;1-3-4-2;1-2/h1-2,7-9H,3-6H2,(H,15,16);1-4H;3H2,1-2H3;2H,1H3. The fourth-order valence-electron chi connectivity index (χ4n) is 2.74. The van der Waals surface area contributed by atoms with Crippen LogP contribution in [-0.2, 0) is 14.3 Å². The van der Waals surface area contributed by atoms with E-state index in [4.69, 9.17) is 5.11 Å². The molecule has 0 saturated carbocycles. The summed E-state index contributed by atoms with van der Waals surface area (Å²) in [5.74, 6) is 0.637. The van der Waals surface area contributed by atoms with Crippen LogP contribution in [0.2, 0.25) is 0 Å². The lowest BCUT2D eigenvalue weighted by molar-refractivity contribution is -0.115. The molecule has 0 unspecified atom stereocenters. The molecule has 3 heterocycles. The number of ether oxygens (including phenoxy) is 1. The monoisotopic (exact) mass is 556 g/mol. The van der Waals surface area contributed by atoms with Crippen LogP contribution in [-0.4, -0.2) is 80.4 Å². The highest BCUT2D eigenvalue weighted by Crippen LogP contribution is 2.18. The Balaban J connectivity index is 0.000000342. The average Bonchev–Trinajstić information content (AvgIpc) is 3.38. The maximum absolute atomic E-state index is 12.1. The van der Waals surface area contributed by atoms with Crippen molar-refractivity contribution in [3.63, 3.8) is 0 Å². The molecule has 1 saturated heterocycles. The highest BCUT2D eigenvalue weighted by molar-refractivity contribution is 9.10. The number of nitrogens with zero attached hydrogens (tertiary/aromatic N) is 3. The fourth-order valence-corrected chi connectivity index (χ4v) is 3.71. The Bertz CT molecular complexity index is 916. The first-order chi connectivity index (χ1) is 16.5. The average molecular weight is 557 g/mol. The van der Waals surface area contributed by atoms with Crippen LogP contribution in [0, 0.1) is 11.7 Å². The van der Waals surface area contributed by atoms with Gasteiger partial charge in [-0.05, 0) is 25.1 Å². The summed E-state index contributed by atoms with van der Waals surface area (Å²) in [6.45, 7) is 5.31. The first-order valence-electron chi connectivity index (χ1n) is 10.4. The van der Waals surface area contributed by atoms with Crippen LogP contribution in [0.3, 0.4) is 0 Å². The van der Waals surface area contributed by atoms with E-state index in [1.807, 2.05) is 12.3 Å². The van der Waals surface area contributed by atoms with E-state index in [1.54, 1.807) is 25.4 Å². The van der Waals surface area contributed by atoms with Crippen molar-refractivity contribution < 1.29 is 23.8 Å². The van der Waals surface area contributed by atoms with Crippen molar-refractivity contribution in [3.05, 3.63) is 62.4 Å². The lowest BCUT2D eigenvalue weighted by Crippen LogP contribution is -2.50. The molecule has 0 atom stereocenters. The summed E-state index contributed by atoms with van der Waals surface area (Å²) in [6.07, 6.45) is 3.57. The lowest BCUT2D eigenvalue weighted by Gasteiger charge is -2.37. The molecule has 2 aliphatic rings. The molecule has 0 amide bonds. The molecular weight excluding hydrogens is 527 g/mol. The van der Waals surface area contributed by atoms with Crippen molar-refractivity contribution in [1.82, 2.24) is 15.2 Å². The molecule has 2 aromatic rings. The molecule has 0 spiro atoms. The second-order valence-corrected chi connectivity index (χ2v) is 8.67. The van der Waals surface area contributed by atoms with Gasteiger partial charge in [0.2, 0.25) is 0 Å². The van der Waals surface area contributed by atoms with E-state index < -0.39 is 0 Å². The summed E-state index contributed by atoms with van der Waals surface area (Å²) in [7, 11) is 2.68. The summed E-state index contributed by atoms with van der Waals surface area (Å²) in [4.78, 5) is 32.4. The minimum absolute atomic E-state index is 0.131. The first-order valence-corrected chi connectivity index (χ1v) is 12.1. The van der Waals surface area contributed by atoms with Crippen LogP contribution in [0.5, 0.6) is 0 Å². The van der Waals surface area contributed by atoms with Crippen molar-refractivity contribution >= 4 is 45.7 Å². The number of aliphatic imine (C=N–C) groups is 1. The van der Waals surface area contributed by atoms with Gasteiger partial charge in [-0.1, -0.05) is 22.0 Å². The van der Waals surface area contributed by atoms with Crippen LogP contribution in [0.25, 0.3) is 0 Å². The molecule has 2 aliphatic heterocycles. The molecule has 4 rings (SSSR count). The highest BCUT2D eigenvalue weighted by atomic mass is 79.9. The van der Waals surface area contributed by atoms with Crippen molar-refractivity contribution in [2.75, 3.05) is 47.0 Å². The Kier molecular flexibility index (Phi) is 15.0. The van der Waals surface area contributed by atoms with Crippen molar-refractivity contribution in [2.24, 2.45) is 10.9 Å². The maximum Gasteiger partial charge on any atom is 0.162 e. The molecule has 11 heteroatoms. The molecule has 34 heavy (non-hydrogen) atoms. The second-order valence-electron chi connectivity index (χ2n) is 6.86. The molecule has 2 N–H and O–H groups in total. The van der Waals surface area contributed by atoms with Crippen molar-refractivity contribution in [2.45, 2.75) is 6.92 Å². The number of carbonyl (C=O) groups is 2. The minimum atomic E-state index is -0.209. The Morgan fingerprint density at radius 1 is 1.35 bits per heavy atom. The van der Waals surface area contributed by atoms with Gasteiger partial charge in [-0.25, -0.2) is 9.37 Å². The summed E-state index contributed by atoms with van der Waals surface area (Å²) in [5, 5.41) is 12.9. The zero-order chi connectivity index (χ0) is 25.3. The second kappa shape index (κ2) is 17.2. The normalized spacial score (nSPS) is 15.1. The number of aldehydes is 2. The number of thiazole rings is 1. The van der Waals surface area contributed by atoms with E-state index in [9.17, 15) is 14.0 Å². The third kappa shape index (κ3) is 10.3. The Hall–Kier alpha value is -2.31. The molecule has 1 fully saturated rings. The molecule has 0 radical (unpaired) electrons. The summed E-state index contributed by atoms with van der Waals surface area (Å²) >= 11 is 4.63. The first kappa shape index (κ1) is 29.7. The summed E-state index contributed by atoms with van der Waals surface area (Å²) in [6, 6.07) is 6.26. The topological polar surface area (TPSA) is 104 Å². The van der Waals surface area contributed by atoms with E-state index >= 15 is 0 Å². The molecular formula is C23H30BrFN4O4S. The van der Waals surface area contributed by atoms with Gasteiger partial charge in [0.05, 0.1) is 6.54 Å². The number of carbonyl (C=O) groups excluding carboxylic acids is 2. The molecule has 1 aromatic heterocycles. The van der Waals surface area contributed by atoms with Gasteiger partial charge >= 0.3 is 0 Å². The number of amidine groups is 1. The van der Waals surface area contributed by atoms with Gasteiger partial charge in [-0.2, -0.15) is 0 Å². The number of methoxy groups -OCH3 is 1. The van der Waals surface area contributed by atoms with Gasteiger partial charge < -0.3 is 20.0 Å². The number of aliphatic hydroxyl groups excluding tert-OH is 1. The minimum Gasteiger partial charge on any atom is -0.400 e. The smallest absolute Gasteiger partial charge is 0.162 e. The number of hydrogen-bond acceptors (Lipinski definition) is 9. The molecule has 186 valence electrons. The van der Waals surface area contributed by atoms with Crippen molar-refractivity contribution in [3.8, 4) is 0 Å². The third-order valence-corrected chi connectivity index (χ3v) is 5.75. The van der Waals surface area contributed by atoms with Crippen LogP contribution in [0.4, 0.5) is 4.39 Å². The van der Waals surface area contributed by atoms with E-state index in [0.717, 1.165) is 54.6 Å². The molecule has 8 nitrogen and oxygen atoms in total. The number of aromatic nitrogens is 1. The van der Waals surface area contributed by atoms with E-state index in [1.165, 1.54) is 23.5 Å². The van der Waals surface area contributed by atoms with Crippen LogP contribution >= 0.6 is 27.3 Å². The Morgan fingerprint density at radius 3 is 2.53 bits per heavy atom. The number of rotatable bonds is 6. The zero-order valence-corrected chi connectivity index (χ0v) is 21.8. The number of nitrogens with one attached hydrogen (secondary N) is 1. The molecule has 0 bridgehead atoms. The van der Waals surface area contributed by atoms with Gasteiger partial charge in [-0.15, -0.1) is 11.3 Å². The van der Waals surface area contributed by atoms with Crippen LogP contribution < -0.4 is 5.32 Å². The largest absolute Gasteiger partial charge is 0.400 e. The van der Waals surface area contributed by atoms with E-state index in [2.05, 4.69) is 40.9 Å². The Labute approximate surface area is 211 Å². The number of aliphatic hydroxyl groups is 1. The van der Waals surface area contributed by atoms with Gasteiger partial charge in [0.1, 0.15) is 18.4 Å². The predicted octanol–water partition coefficient (Wildman–Crippen LogP) is 2.93. The number of hydrogen-bond donors (Lipinski definition) is 2. The number of benzene rings is 1. The number of likely N-dealkylation sites (tertiary alicyclic amines) is 1. The summed E-state index contributed by atoms with van der Waals surface area (Å²) < 4.78 is 17.5. The van der Waals surface area contributed by atoms with Crippen molar-refractivity contribution in [1.29, 1.82) is 0 Å². The highest BCUT2D eigenvalue weighted by Gasteiger charge is 2.28. The SMILES string of the molecule is CCOC.CO.Fc1cccc(Br)c1.O=CC1=C(CN2CC(C=O)C2)NC(c2nccs2)=NC1. The van der Waals surface area contributed by atoms with E-state index in [0.29, 0.717) is 24.5 Å².